The predicted molar refractivity (Wildman–Crippen MR) is 64.6 cm³/mol. The smallest absolute Gasteiger partial charge is 0.0802 e. The van der Waals surface area contributed by atoms with Gasteiger partial charge in [-0.1, -0.05) is 17.7 Å². The molecule has 2 nitrogen and oxygen atoms in total. The van der Waals surface area contributed by atoms with Gasteiger partial charge in [-0.05, 0) is 18.6 Å². The van der Waals surface area contributed by atoms with Gasteiger partial charge in [-0.3, -0.25) is 0 Å². The highest BCUT2D eigenvalue weighted by Crippen LogP contribution is 2.43. The van der Waals surface area contributed by atoms with Gasteiger partial charge in [-0.15, -0.1) is 11.3 Å². The monoisotopic (exact) mass is 236 g/mol. The minimum Gasteiger partial charge on any atom is -0.379 e. The van der Waals surface area contributed by atoms with Crippen molar-refractivity contribution in [2.24, 2.45) is 0 Å². The van der Waals surface area contributed by atoms with Crippen LogP contribution >= 0.6 is 22.9 Å². The molecule has 0 spiro atoms. The van der Waals surface area contributed by atoms with Gasteiger partial charge >= 0.3 is 0 Å². The summed E-state index contributed by atoms with van der Waals surface area (Å²) in [5, 5.41) is 4.17. The van der Waals surface area contributed by atoms with Gasteiger partial charge in [0.05, 0.1) is 27.6 Å². The molecule has 0 bridgehead atoms. The summed E-state index contributed by atoms with van der Waals surface area (Å²) in [5.74, 6) is 0. The fraction of sp³-hybridized carbons (Fsp3) is 0.182. The topological polar surface area (TPSA) is 24.9 Å². The quantitative estimate of drug-likeness (QED) is 0.755. The molecule has 3 rings (SSSR count). The normalized spacial score (nSPS) is 12.9. The molecule has 0 unspecified atom stereocenters. The average molecular weight is 237 g/mol. The van der Waals surface area contributed by atoms with Crippen LogP contribution in [0.1, 0.15) is 11.3 Å². The Kier molecular flexibility index (Phi) is 1.97. The van der Waals surface area contributed by atoms with Crippen LogP contribution in [0.2, 0.25) is 5.02 Å². The number of nitrogens with one attached hydrogen (secondary N) is 1. The molecule has 0 amide bonds. The number of benzene rings is 1. The van der Waals surface area contributed by atoms with Gasteiger partial charge in [0.25, 0.3) is 0 Å². The van der Waals surface area contributed by atoms with Crippen molar-refractivity contribution in [1.82, 2.24) is 4.98 Å². The molecule has 1 N–H and O–H groups in total. The van der Waals surface area contributed by atoms with Crippen molar-refractivity contribution in [3.8, 4) is 10.4 Å². The summed E-state index contributed by atoms with van der Waals surface area (Å²) in [6.07, 6.45) is 0. The first-order chi connectivity index (χ1) is 7.27. The Morgan fingerprint density at radius 2 is 2.33 bits per heavy atom. The highest BCUT2D eigenvalue weighted by atomic mass is 35.5. The second kappa shape index (κ2) is 3.22. The molecule has 2 aromatic rings. The molecule has 1 aliphatic heterocycles. The Hall–Kier alpha value is -1.06. The Bertz CT molecular complexity index is 533. The molecule has 2 heterocycles. The van der Waals surface area contributed by atoms with Gasteiger partial charge in [0.1, 0.15) is 0 Å². The summed E-state index contributed by atoms with van der Waals surface area (Å²) in [6, 6.07) is 3.99. The van der Waals surface area contributed by atoms with E-state index in [0.29, 0.717) is 0 Å². The van der Waals surface area contributed by atoms with Crippen LogP contribution in [0.25, 0.3) is 10.4 Å². The van der Waals surface area contributed by atoms with Crippen molar-refractivity contribution in [2.75, 3.05) is 5.32 Å². The van der Waals surface area contributed by atoms with Crippen molar-refractivity contribution >= 4 is 28.6 Å². The second-order valence-corrected chi connectivity index (χ2v) is 4.86. The number of anilines is 1. The van der Waals surface area contributed by atoms with Crippen LogP contribution in [0.15, 0.2) is 17.6 Å². The molecule has 0 atom stereocenters. The number of hydrogen-bond donors (Lipinski definition) is 1. The first kappa shape index (κ1) is 9.19. The summed E-state index contributed by atoms with van der Waals surface area (Å²) >= 11 is 7.89. The lowest BCUT2D eigenvalue weighted by molar-refractivity contribution is 1.05. The molecule has 1 aromatic heterocycles. The summed E-state index contributed by atoms with van der Waals surface area (Å²) in [7, 11) is 0. The van der Waals surface area contributed by atoms with Crippen molar-refractivity contribution in [3.63, 3.8) is 0 Å². The number of thiazole rings is 1. The first-order valence-electron chi connectivity index (χ1n) is 4.73. The van der Waals surface area contributed by atoms with Crippen LogP contribution in [0.3, 0.4) is 0 Å². The number of nitrogens with zero attached hydrogens (tertiary/aromatic N) is 1. The zero-order valence-corrected chi connectivity index (χ0v) is 9.75. The van der Waals surface area contributed by atoms with Crippen molar-refractivity contribution in [2.45, 2.75) is 13.5 Å². The van der Waals surface area contributed by atoms with E-state index in [1.807, 2.05) is 17.6 Å². The largest absolute Gasteiger partial charge is 0.379 e. The molecule has 15 heavy (non-hydrogen) atoms. The minimum absolute atomic E-state index is 0.799. The van der Waals surface area contributed by atoms with Crippen molar-refractivity contribution < 1.29 is 0 Å². The summed E-state index contributed by atoms with van der Waals surface area (Å²) < 4.78 is 0. The number of rotatable bonds is 0. The third-order valence-corrected chi connectivity index (χ3v) is 3.86. The van der Waals surface area contributed by atoms with Crippen LogP contribution < -0.4 is 5.32 Å². The number of aromatic nitrogens is 1. The Labute approximate surface area is 96.9 Å². The van der Waals surface area contributed by atoms with E-state index < -0.39 is 0 Å². The van der Waals surface area contributed by atoms with E-state index in [1.54, 1.807) is 11.3 Å². The maximum absolute atomic E-state index is 6.24. The average Bonchev–Trinajstić information content (AvgIpc) is 2.70. The van der Waals surface area contributed by atoms with Gasteiger partial charge in [0.15, 0.2) is 0 Å². The Morgan fingerprint density at radius 1 is 1.47 bits per heavy atom. The highest BCUT2D eigenvalue weighted by molar-refractivity contribution is 7.13. The molecule has 0 radical (unpaired) electrons. The lowest BCUT2D eigenvalue weighted by Crippen LogP contribution is -2.09. The van der Waals surface area contributed by atoms with Gasteiger partial charge in [-0.25, -0.2) is 4.98 Å². The van der Waals surface area contributed by atoms with Crippen LogP contribution in [-0.4, -0.2) is 4.98 Å². The van der Waals surface area contributed by atoms with E-state index >= 15 is 0 Å². The minimum atomic E-state index is 0.799. The van der Waals surface area contributed by atoms with E-state index in [1.165, 1.54) is 10.4 Å². The van der Waals surface area contributed by atoms with Gasteiger partial charge in [0, 0.05) is 11.3 Å². The fourth-order valence-corrected chi connectivity index (χ4v) is 3.09. The van der Waals surface area contributed by atoms with Crippen LogP contribution in [0, 0.1) is 6.92 Å². The zero-order chi connectivity index (χ0) is 10.4. The molecule has 0 saturated carbocycles. The lowest BCUT2D eigenvalue weighted by Gasteiger charge is -2.20. The molecule has 1 aliphatic rings. The molecular formula is C11H9ClN2S. The first-order valence-corrected chi connectivity index (χ1v) is 5.99. The summed E-state index contributed by atoms with van der Waals surface area (Å²) in [5.41, 5.74) is 6.47. The zero-order valence-electron chi connectivity index (χ0n) is 8.17. The van der Waals surface area contributed by atoms with Crippen LogP contribution in [-0.2, 0) is 6.54 Å². The SMILES string of the molecule is Cc1ccc(Cl)c2c1NCc1ncsc1-2. The number of aryl methyl sites for hydroxylation is 1. The predicted octanol–water partition coefficient (Wildman–Crippen LogP) is 3.70. The second-order valence-electron chi connectivity index (χ2n) is 3.60. The van der Waals surface area contributed by atoms with E-state index in [9.17, 15) is 0 Å². The van der Waals surface area contributed by atoms with Crippen LogP contribution in [0.5, 0.6) is 0 Å². The molecule has 0 saturated heterocycles. The highest BCUT2D eigenvalue weighted by Gasteiger charge is 2.21. The third-order valence-electron chi connectivity index (χ3n) is 2.66. The number of halogens is 1. The summed E-state index contributed by atoms with van der Waals surface area (Å²) in [6.45, 7) is 2.89. The van der Waals surface area contributed by atoms with Gasteiger partial charge in [0.2, 0.25) is 0 Å². The summed E-state index contributed by atoms with van der Waals surface area (Å²) in [4.78, 5) is 5.53. The fourth-order valence-electron chi connectivity index (χ4n) is 1.90. The standard InChI is InChI=1S/C11H9ClN2S/c1-6-2-3-7(12)9-10(6)13-4-8-11(9)15-5-14-8/h2-3,5,13H,4H2,1H3. The number of hydrogen-bond acceptors (Lipinski definition) is 3. The molecule has 4 heteroatoms. The van der Waals surface area contributed by atoms with E-state index in [2.05, 4.69) is 17.2 Å². The van der Waals surface area contributed by atoms with E-state index in [-0.39, 0.29) is 0 Å². The van der Waals surface area contributed by atoms with E-state index in [0.717, 1.165) is 28.5 Å². The molecule has 0 fully saturated rings. The Morgan fingerprint density at radius 3 is 3.20 bits per heavy atom. The molecule has 0 aliphatic carbocycles. The molecular weight excluding hydrogens is 228 g/mol. The van der Waals surface area contributed by atoms with Crippen molar-refractivity contribution in [1.29, 1.82) is 0 Å². The third kappa shape index (κ3) is 1.27. The maximum atomic E-state index is 6.24. The van der Waals surface area contributed by atoms with Gasteiger partial charge in [-0.2, -0.15) is 0 Å². The van der Waals surface area contributed by atoms with Crippen LogP contribution in [0.4, 0.5) is 5.69 Å². The lowest BCUT2D eigenvalue weighted by atomic mass is 10.0. The Balaban J connectivity index is 2.36. The number of fused-ring (bicyclic) bond motifs is 3. The molecule has 76 valence electrons. The van der Waals surface area contributed by atoms with Gasteiger partial charge < -0.3 is 5.32 Å². The van der Waals surface area contributed by atoms with E-state index in [4.69, 9.17) is 11.6 Å². The maximum Gasteiger partial charge on any atom is 0.0802 e. The van der Waals surface area contributed by atoms with Crippen molar-refractivity contribution in [3.05, 3.63) is 33.9 Å². The molecule has 1 aromatic carbocycles.